The van der Waals surface area contributed by atoms with Gasteiger partial charge in [0, 0.05) is 31.7 Å². The summed E-state index contributed by atoms with van der Waals surface area (Å²) in [7, 11) is 0. The van der Waals surface area contributed by atoms with Gasteiger partial charge in [0.25, 0.3) is 11.8 Å². The number of aryl methyl sites for hydroxylation is 3. The van der Waals surface area contributed by atoms with Gasteiger partial charge in [-0.05, 0) is 56.2 Å². The van der Waals surface area contributed by atoms with Crippen molar-refractivity contribution in [3.8, 4) is 5.75 Å². The summed E-state index contributed by atoms with van der Waals surface area (Å²) in [6, 6.07) is 13.3. The van der Waals surface area contributed by atoms with Crippen molar-refractivity contribution in [3.63, 3.8) is 0 Å². The highest BCUT2D eigenvalue weighted by Gasteiger charge is 2.25. The summed E-state index contributed by atoms with van der Waals surface area (Å²) in [5.74, 6) is 0.584. The van der Waals surface area contributed by atoms with Gasteiger partial charge in [-0.3, -0.25) is 9.59 Å². The van der Waals surface area contributed by atoms with Crippen LogP contribution in [0.2, 0.25) is 0 Å². The molecule has 0 atom stereocenters. The SMILES string of the molecule is CCCc1ccc(OCC(=O)N2CCN(C(=O)c3ccc4nc(C)c(C)nc4c3)CC2)cc1. The number of aromatic nitrogens is 2. The van der Waals surface area contributed by atoms with E-state index in [0.29, 0.717) is 37.5 Å². The van der Waals surface area contributed by atoms with E-state index in [-0.39, 0.29) is 18.4 Å². The standard InChI is InChI=1S/C26H30N4O3/c1-4-5-20-6-9-22(10-7-20)33-17-25(31)29-12-14-30(15-13-29)26(32)21-8-11-23-24(16-21)28-19(3)18(2)27-23/h6-11,16H,4-5,12-15,17H2,1-3H3. The van der Waals surface area contributed by atoms with Crippen LogP contribution in [0, 0.1) is 13.8 Å². The maximum atomic E-state index is 13.0. The predicted octanol–water partition coefficient (Wildman–Crippen LogP) is 3.56. The van der Waals surface area contributed by atoms with Gasteiger partial charge in [0.1, 0.15) is 5.75 Å². The van der Waals surface area contributed by atoms with Gasteiger partial charge in [-0.25, -0.2) is 9.97 Å². The van der Waals surface area contributed by atoms with Crippen molar-refractivity contribution in [2.75, 3.05) is 32.8 Å². The van der Waals surface area contributed by atoms with Crippen LogP contribution in [0.5, 0.6) is 5.75 Å². The van der Waals surface area contributed by atoms with Crippen molar-refractivity contribution in [1.29, 1.82) is 0 Å². The number of amides is 2. The second-order valence-electron chi connectivity index (χ2n) is 8.45. The fourth-order valence-electron chi connectivity index (χ4n) is 3.98. The Kier molecular flexibility index (Phi) is 6.87. The van der Waals surface area contributed by atoms with Gasteiger partial charge >= 0.3 is 0 Å². The highest BCUT2D eigenvalue weighted by Crippen LogP contribution is 2.17. The van der Waals surface area contributed by atoms with E-state index in [2.05, 4.69) is 16.9 Å². The second kappa shape index (κ2) is 9.98. The van der Waals surface area contributed by atoms with Crippen LogP contribution in [0.3, 0.4) is 0 Å². The molecule has 33 heavy (non-hydrogen) atoms. The lowest BCUT2D eigenvalue weighted by atomic mass is 10.1. The zero-order valence-corrected chi connectivity index (χ0v) is 19.5. The first kappa shape index (κ1) is 22.7. The summed E-state index contributed by atoms with van der Waals surface area (Å²) in [6.07, 6.45) is 2.13. The van der Waals surface area contributed by atoms with E-state index >= 15 is 0 Å². The quantitative estimate of drug-likeness (QED) is 0.579. The van der Waals surface area contributed by atoms with Gasteiger partial charge in [-0.2, -0.15) is 0 Å². The van der Waals surface area contributed by atoms with Crippen LogP contribution >= 0.6 is 0 Å². The summed E-state index contributed by atoms with van der Waals surface area (Å²) in [5.41, 5.74) is 5.11. The lowest BCUT2D eigenvalue weighted by molar-refractivity contribution is -0.134. The Hall–Kier alpha value is -3.48. The van der Waals surface area contributed by atoms with Crippen LogP contribution in [0.15, 0.2) is 42.5 Å². The molecule has 7 heteroatoms. The number of rotatable bonds is 6. The Bertz CT molecular complexity index is 1150. The Labute approximate surface area is 194 Å². The van der Waals surface area contributed by atoms with E-state index < -0.39 is 0 Å². The Morgan fingerprint density at radius 2 is 1.52 bits per heavy atom. The van der Waals surface area contributed by atoms with Gasteiger partial charge in [0.05, 0.1) is 22.4 Å². The summed E-state index contributed by atoms with van der Waals surface area (Å²) in [4.78, 5) is 38.2. The largest absolute Gasteiger partial charge is 0.484 e. The number of nitrogens with zero attached hydrogens (tertiary/aromatic N) is 4. The zero-order valence-electron chi connectivity index (χ0n) is 19.5. The summed E-state index contributed by atoms with van der Waals surface area (Å²) in [5, 5.41) is 0. The molecule has 0 unspecified atom stereocenters. The third-order valence-electron chi connectivity index (χ3n) is 6.07. The molecule has 0 bridgehead atoms. The molecule has 0 aliphatic carbocycles. The van der Waals surface area contributed by atoms with E-state index in [4.69, 9.17) is 4.74 Å². The lowest BCUT2D eigenvalue weighted by Crippen LogP contribution is -2.51. The minimum absolute atomic E-state index is 0.00316. The van der Waals surface area contributed by atoms with E-state index in [0.717, 1.165) is 35.3 Å². The third-order valence-corrected chi connectivity index (χ3v) is 6.07. The summed E-state index contributed by atoms with van der Waals surface area (Å²) < 4.78 is 5.67. The van der Waals surface area contributed by atoms with Crippen molar-refractivity contribution < 1.29 is 14.3 Å². The molecule has 1 aliphatic heterocycles. The fourth-order valence-corrected chi connectivity index (χ4v) is 3.98. The normalized spacial score (nSPS) is 13.9. The minimum atomic E-state index is -0.0634. The molecule has 7 nitrogen and oxygen atoms in total. The molecule has 0 spiro atoms. The van der Waals surface area contributed by atoms with Gasteiger partial charge in [0.15, 0.2) is 6.61 Å². The molecule has 172 valence electrons. The number of piperazine rings is 1. The lowest BCUT2D eigenvalue weighted by Gasteiger charge is -2.34. The highest BCUT2D eigenvalue weighted by molar-refractivity contribution is 5.97. The Morgan fingerprint density at radius 3 is 2.18 bits per heavy atom. The second-order valence-corrected chi connectivity index (χ2v) is 8.45. The zero-order chi connectivity index (χ0) is 23.4. The average molecular weight is 447 g/mol. The molecule has 1 aliphatic rings. The molecule has 4 rings (SSSR count). The van der Waals surface area contributed by atoms with Crippen LogP contribution < -0.4 is 4.74 Å². The van der Waals surface area contributed by atoms with Crippen LogP contribution in [0.25, 0.3) is 11.0 Å². The molecule has 0 saturated carbocycles. The molecule has 1 fully saturated rings. The molecular formula is C26H30N4O3. The van der Waals surface area contributed by atoms with Crippen LogP contribution in [0.1, 0.15) is 40.7 Å². The van der Waals surface area contributed by atoms with Crippen molar-refractivity contribution >= 4 is 22.8 Å². The topological polar surface area (TPSA) is 75.6 Å². The number of benzene rings is 2. The first-order chi connectivity index (χ1) is 15.9. The predicted molar refractivity (Wildman–Crippen MR) is 127 cm³/mol. The monoisotopic (exact) mass is 446 g/mol. The van der Waals surface area contributed by atoms with Crippen LogP contribution in [0.4, 0.5) is 0 Å². The number of hydrogen-bond acceptors (Lipinski definition) is 5. The minimum Gasteiger partial charge on any atom is -0.484 e. The van der Waals surface area contributed by atoms with Crippen molar-refractivity contribution in [3.05, 3.63) is 65.0 Å². The first-order valence-electron chi connectivity index (χ1n) is 11.5. The average Bonchev–Trinajstić information content (AvgIpc) is 2.84. The third kappa shape index (κ3) is 5.30. The molecular weight excluding hydrogens is 416 g/mol. The molecule has 0 N–H and O–H groups in total. The highest BCUT2D eigenvalue weighted by atomic mass is 16.5. The van der Waals surface area contributed by atoms with E-state index in [1.165, 1.54) is 5.56 Å². The van der Waals surface area contributed by atoms with Gasteiger partial charge in [-0.1, -0.05) is 25.5 Å². The number of carbonyl (C=O) groups is 2. The van der Waals surface area contributed by atoms with E-state index in [9.17, 15) is 9.59 Å². The summed E-state index contributed by atoms with van der Waals surface area (Å²) in [6.45, 7) is 7.97. The molecule has 0 radical (unpaired) electrons. The Morgan fingerprint density at radius 1 is 0.879 bits per heavy atom. The van der Waals surface area contributed by atoms with Gasteiger partial charge in [-0.15, -0.1) is 0 Å². The summed E-state index contributed by atoms with van der Waals surface area (Å²) >= 11 is 0. The number of ether oxygens (including phenoxy) is 1. The fraction of sp³-hybridized carbons (Fsp3) is 0.385. The van der Waals surface area contributed by atoms with Crippen molar-refractivity contribution in [1.82, 2.24) is 19.8 Å². The molecule has 2 aromatic carbocycles. The van der Waals surface area contributed by atoms with E-state index in [1.54, 1.807) is 21.9 Å². The number of fused-ring (bicyclic) bond motifs is 1. The molecule has 3 aromatic rings. The van der Waals surface area contributed by atoms with Crippen LogP contribution in [-0.4, -0.2) is 64.4 Å². The van der Waals surface area contributed by atoms with Crippen molar-refractivity contribution in [2.45, 2.75) is 33.6 Å². The maximum Gasteiger partial charge on any atom is 0.260 e. The van der Waals surface area contributed by atoms with E-state index in [1.807, 2.05) is 44.2 Å². The van der Waals surface area contributed by atoms with Crippen molar-refractivity contribution in [2.24, 2.45) is 0 Å². The van der Waals surface area contributed by atoms with Crippen LogP contribution in [-0.2, 0) is 11.2 Å². The molecule has 2 amide bonds. The van der Waals surface area contributed by atoms with Gasteiger partial charge < -0.3 is 14.5 Å². The maximum absolute atomic E-state index is 13.0. The molecule has 1 saturated heterocycles. The first-order valence-corrected chi connectivity index (χ1v) is 11.5. The Balaban J connectivity index is 1.30. The smallest absolute Gasteiger partial charge is 0.260 e. The number of carbonyl (C=O) groups excluding carboxylic acids is 2. The van der Waals surface area contributed by atoms with Gasteiger partial charge in [0.2, 0.25) is 0 Å². The molecule has 1 aromatic heterocycles. The molecule has 2 heterocycles. The number of hydrogen-bond donors (Lipinski definition) is 0.